The van der Waals surface area contributed by atoms with E-state index in [1.54, 1.807) is 23.1 Å². The van der Waals surface area contributed by atoms with Crippen LogP contribution in [0.1, 0.15) is 33.3 Å². The molecular formula is C21H24N6O3S. The first-order valence-electron chi connectivity index (χ1n) is 9.50. The summed E-state index contributed by atoms with van der Waals surface area (Å²) in [7, 11) is 1.41. The van der Waals surface area contributed by atoms with Gasteiger partial charge in [-0.1, -0.05) is 32.9 Å². The Labute approximate surface area is 185 Å². The number of pyridine rings is 1. The highest BCUT2D eigenvalue weighted by Gasteiger charge is 2.18. The van der Waals surface area contributed by atoms with Gasteiger partial charge in [0.25, 0.3) is 0 Å². The van der Waals surface area contributed by atoms with Gasteiger partial charge in [0, 0.05) is 13.1 Å². The van der Waals surface area contributed by atoms with Gasteiger partial charge in [-0.25, -0.2) is 9.87 Å². The molecule has 162 valence electrons. The van der Waals surface area contributed by atoms with Crippen molar-refractivity contribution in [3.63, 3.8) is 0 Å². The minimum Gasteiger partial charge on any atom is -0.324 e. The maximum atomic E-state index is 11.7. The van der Waals surface area contributed by atoms with Crippen LogP contribution < -0.4 is 5.32 Å². The smallest absolute Gasteiger partial charge is 0.221 e. The lowest BCUT2D eigenvalue weighted by Gasteiger charge is -2.20. The Morgan fingerprint density at radius 1 is 1.19 bits per heavy atom. The first kappa shape index (κ1) is 22.6. The molecule has 1 aromatic carbocycles. The lowest BCUT2D eigenvalue weighted by atomic mass is 9.86. The van der Waals surface area contributed by atoms with E-state index in [1.807, 2.05) is 30.3 Å². The minimum atomic E-state index is -0.191. The molecule has 3 aromatic rings. The van der Waals surface area contributed by atoms with Gasteiger partial charge in [0.05, 0.1) is 31.0 Å². The van der Waals surface area contributed by atoms with E-state index in [4.69, 9.17) is 4.33 Å². The Balaban J connectivity index is 2.07. The zero-order valence-corrected chi connectivity index (χ0v) is 18.8. The number of aromatic nitrogens is 3. The van der Waals surface area contributed by atoms with E-state index in [9.17, 15) is 4.79 Å². The fourth-order valence-corrected chi connectivity index (χ4v) is 3.11. The Kier molecular flexibility index (Phi) is 7.16. The lowest BCUT2D eigenvalue weighted by molar-refractivity contribution is -0.160. The van der Waals surface area contributed by atoms with E-state index in [0.29, 0.717) is 27.9 Å². The summed E-state index contributed by atoms with van der Waals surface area (Å²) in [6, 6.07) is 11.2. The molecule has 2 heterocycles. The number of nitrogens with one attached hydrogen (secondary N) is 1. The predicted molar refractivity (Wildman–Crippen MR) is 119 cm³/mol. The summed E-state index contributed by atoms with van der Waals surface area (Å²) in [5.74, 6) is 0.796. The summed E-state index contributed by atoms with van der Waals surface area (Å²) in [5.41, 5.74) is 2.06. The standard InChI is InChI=1S/C21H24N6O3S/c1-14(28)24-16-10-9-15(21(2,3)4)12-17(16)25-26-20-18(31-30-29-5)13-23-27(20)19-8-6-7-11-22-19/h6-13H,1-5H3,(H,24,28). The van der Waals surface area contributed by atoms with Crippen molar-refractivity contribution in [3.8, 4) is 5.82 Å². The molecule has 31 heavy (non-hydrogen) atoms. The molecule has 1 N–H and O–H groups in total. The fraction of sp³-hybridized carbons (Fsp3) is 0.286. The minimum absolute atomic E-state index is 0.0952. The number of benzene rings is 1. The molecule has 0 saturated heterocycles. The largest absolute Gasteiger partial charge is 0.324 e. The third kappa shape index (κ3) is 5.75. The van der Waals surface area contributed by atoms with Crippen molar-refractivity contribution in [3.05, 3.63) is 54.4 Å². The van der Waals surface area contributed by atoms with E-state index >= 15 is 0 Å². The summed E-state index contributed by atoms with van der Waals surface area (Å²) in [6.07, 6.45) is 3.26. The van der Waals surface area contributed by atoms with Gasteiger partial charge < -0.3 is 5.32 Å². The molecule has 0 aliphatic rings. The monoisotopic (exact) mass is 440 g/mol. The van der Waals surface area contributed by atoms with Gasteiger partial charge >= 0.3 is 0 Å². The molecule has 0 atom stereocenters. The van der Waals surface area contributed by atoms with Crippen molar-refractivity contribution < 1.29 is 14.0 Å². The Bertz CT molecular complexity index is 1080. The van der Waals surface area contributed by atoms with Crippen molar-refractivity contribution in [1.82, 2.24) is 14.8 Å². The van der Waals surface area contributed by atoms with Crippen LogP contribution >= 0.6 is 12.0 Å². The van der Waals surface area contributed by atoms with Gasteiger partial charge in [-0.2, -0.15) is 14.1 Å². The molecule has 0 bridgehead atoms. The van der Waals surface area contributed by atoms with E-state index < -0.39 is 0 Å². The number of carbonyl (C=O) groups is 1. The highest BCUT2D eigenvalue weighted by atomic mass is 32.2. The zero-order valence-electron chi connectivity index (χ0n) is 18.0. The van der Waals surface area contributed by atoms with Gasteiger partial charge in [-0.05, 0) is 35.2 Å². The second-order valence-electron chi connectivity index (χ2n) is 7.61. The highest BCUT2D eigenvalue weighted by molar-refractivity contribution is 7.94. The van der Waals surface area contributed by atoms with Gasteiger partial charge in [0.1, 0.15) is 10.6 Å². The number of azo groups is 1. The summed E-state index contributed by atoms with van der Waals surface area (Å²) in [5, 5.41) is 16.0. The molecule has 2 aromatic heterocycles. The third-order valence-electron chi connectivity index (χ3n) is 4.20. The quantitative estimate of drug-likeness (QED) is 0.224. The molecule has 9 nitrogen and oxygen atoms in total. The van der Waals surface area contributed by atoms with Crippen LogP contribution in [0.25, 0.3) is 5.82 Å². The van der Waals surface area contributed by atoms with Crippen molar-refractivity contribution >= 4 is 35.1 Å². The number of anilines is 1. The SMILES string of the molecule is COOSc1cnn(-c2ccccn2)c1N=Nc1cc(C(C)(C)C)ccc1NC(C)=O. The average molecular weight is 441 g/mol. The van der Waals surface area contributed by atoms with Crippen molar-refractivity contribution in [1.29, 1.82) is 0 Å². The van der Waals surface area contributed by atoms with E-state index in [-0.39, 0.29) is 11.3 Å². The third-order valence-corrected chi connectivity index (χ3v) is 4.87. The summed E-state index contributed by atoms with van der Waals surface area (Å²) in [6.45, 7) is 7.77. The molecule has 0 aliphatic heterocycles. The normalized spacial score (nSPS) is 11.8. The number of nitrogens with zero attached hydrogens (tertiary/aromatic N) is 5. The van der Waals surface area contributed by atoms with Crippen LogP contribution in [0.4, 0.5) is 17.2 Å². The Morgan fingerprint density at radius 2 is 2.00 bits per heavy atom. The Hall–Kier alpha value is -3.08. The summed E-state index contributed by atoms with van der Waals surface area (Å²) in [4.78, 5) is 21.2. The summed E-state index contributed by atoms with van der Waals surface area (Å²) < 4.78 is 6.54. The maximum absolute atomic E-state index is 11.7. The molecule has 3 rings (SSSR count). The molecule has 0 saturated carbocycles. The van der Waals surface area contributed by atoms with Gasteiger partial charge in [-0.15, -0.1) is 10.2 Å². The van der Waals surface area contributed by atoms with Crippen LogP contribution in [0.5, 0.6) is 0 Å². The molecule has 0 radical (unpaired) electrons. The first-order valence-corrected chi connectivity index (χ1v) is 10.2. The molecular weight excluding hydrogens is 416 g/mol. The molecule has 1 amide bonds. The number of carbonyl (C=O) groups excluding carboxylic acids is 1. The number of amides is 1. The molecule has 0 unspecified atom stereocenters. The van der Waals surface area contributed by atoms with E-state index in [2.05, 4.69) is 51.3 Å². The molecule has 0 fully saturated rings. The topological polar surface area (TPSA) is 103 Å². The van der Waals surface area contributed by atoms with Gasteiger partial charge in [0.15, 0.2) is 11.6 Å². The van der Waals surface area contributed by atoms with Crippen LogP contribution in [0, 0.1) is 0 Å². The molecule has 0 aliphatic carbocycles. The molecule has 10 heteroatoms. The zero-order chi connectivity index (χ0) is 22.4. The fourth-order valence-electron chi connectivity index (χ4n) is 2.67. The number of rotatable bonds is 7. The number of hydrogen-bond acceptors (Lipinski definition) is 8. The lowest BCUT2D eigenvalue weighted by Crippen LogP contribution is -2.12. The average Bonchev–Trinajstić information content (AvgIpc) is 3.13. The van der Waals surface area contributed by atoms with E-state index in [0.717, 1.165) is 17.6 Å². The van der Waals surface area contributed by atoms with Crippen LogP contribution in [-0.2, 0) is 19.4 Å². The van der Waals surface area contributed by atoms with Gasteiger partial charge in [-0.3, -0.25) is 4.79 Å². The first-order chi connectivity index (χ1) is 14.8. The van der Waals surface area contributed by atoms with Crippen molar-refractivity contribution in [2.24, 2.45) is 10.2 Å². The second kappa shape index (κ2) is 9.82. The maximum Gasteiger partial charge on any atom is 0.221 e. The molecule has 0 spiro atoms. The predicted octanol–water partition coefficient (Wildman–Crippen LogP) is 5.52. The van der Waals surface area contributed by atoms with Crippen molar-refractivity contribution in [2.75, 3.05) is 12.4 Å². The van der Waals surface area contributed by atoms with Crippen molar-refractivity contribution in [2.45, 2.75) is 38.0 Å². The second-order valence-corrected chi connectivity index (χ2v) is 8.36. The highest BCUT2D eigenvalue weighted by Crippen LogP contribution is 2.36. The number of hydrogen-bond donors (Lipinski definition) is 1. The Morgan fingerprint density at radius 3 is 2.65 bits per heavy atom. The van der Waals surface area contributed by atoms with Crippen LogP contribution in [0.15, 0.2) is 63.9 Å². The summed E-state index contributed by atoms with van der Waals surface area (Å²) >= 11 is 0.963. The van der Waals surface area contributed by atoms with Crippen LogP contribution in [0.2, 0.25) is 0 Å². The van der Waals surface area contributed by atoms with Gasteiger partial charge in [0.2, 0.25) is 5.91 Å². The van der Waals surface area contributed by atoms with E-state index in [1.165, 1.54) is 14.0 Å². The van der Waals surface area contributed by atoms with Crippen LogP contribution in [-0.4, -0.2) is 27.8 Å². The van der Waals surface area contributed by atoms with Crippen LogP contribution in [0.3, 0.4) is 0 Å².